The van der Waals surface area contributed by atoms with Gasteiger partial charge in [0.2, 0.25) is 5.91 Å². The average molecular weight is 444 g/mol. The van der Waals surface area contributed by atoms with Crippen molar-refractivity contribution in [3.05, 3.63) is 33.9 Å². The molecule has 0 aliphatic carbocycles. The quantitative estimate of drug-likeness (QED) is 0.513. The average Bonchev–Trinajstić information content (AvgIpc) is 3.20. The summed E-state index contributed by atoms with van der Waals surface area (Å²) in [4.78, 5) is 44.9. The summed E-state index contributed by atoms with van der Waals surface area (Å²) < 4.78 is 0. The third-order valence-corrected chi connectivity index (χ3v) is 6.85. The SMILES string of the molecule is O=C(CN1CCN(C(=O)c2cc([N+](=O)[O-])ccc2N2CCCC2)CC1)N1CCCCCC1. The van der Waals surface area contributed by atoms with Crippen LogP contribution < -0.4 is 4.90 Å². The van der Waals surface area contributed by atoms with Crippen molar-refractivity contribution in [2.24, 2.45) is 0 Å². The first kappa shape index (κ1) is 22.5. The molecule has 3 aliphatic heterocycles. The number of amides is 2. The molecule has 9 heteroatoms. The van der Waals surface area contributed by atoms with Crippen molar-refractivity contribution in [3.63, 3.8) is 0 Å². The Morgan fingerprint density at radius 2 is 1.44 bits per heavy atom. The molecule has 32 heavy (non-hydrogen) atoms. The predicted octanol–water partition coefficient (Wildman–Crippen LogP) is 2.36. The van der Waals surface area contributed by atoms with E-state index in [-0.39, 0.29) is 17.5 Å². The van der Waals surface area contributed by atoms with E-state index in [4.69, 9.17) is 0 Å². The molecule has 4 rings (SSSR count). The highest BCUT2D eigenvalue weighted by Crippen LogP contribution is 2.29. The lowest BCUT2D eigenvalue weighted by Crippen LogP contribution is -2.51. The van der Waals surface area contributed by atoms with Crippen LogP contribution in [0.3, 0.4) is 0 Å². The Morgan fingerprint density at radius 3 is 2.06 bits per heavy atom. The second kappa shape index (κ2) is 10.3. The van der Waals surface area contributed by atoms with Crippen molar-refractivity contribution >= 4 is 23.2 Å². The standard InChI is InChI=1S/C23H33N5O4/c29-22(26-11-3-1-2-4-12-26)18-24-13-15-27(16-14-24)23(30)20-17-19(28(31)32)7-8-21(20)25-9-5-6-10-25/h7-8,17H,1-6,9-16,18H2. The van der Waals surface area contributed by atoms with Crippen LogP contribution in [0.15, 0.2) is 18.2 Å². The monoisotopic (exact) mass is 443 g/mol. The van der Waals surface area contributed by atoms with Crippen molar-refractivity contribution in [2.45, 2.75) is 38.5 Å². The summed E-state index contributed by atoms with van der Waals surface area (Å²) in [5.74, 6) is 0.0239. The van der Waals surface area contributed by atoms with E-state index < -0.39 is 4.92 Å². The molecule has 0 N–H and O–H groups in total. The van der Waals surface area contributed by atoms with E-state index >= 15 is 0 Å². The lowest BCUT2D eigenvalue weighted by molar-refractivity contribution is -0.384. The Balaban J connectivity index is 1.39. The van der Waals surface area contributed by atoms with E-state index in [1.165, 1.54) is 25.0 Å². The van der Waals surface area contributed by atoms with Gasteiger partial charge in [0.1, 0.15) is 0 Å². The molecule has 9 nitrogen and oxygen atoms in total. The predicted molar refractivity (Wildman–Crippen MR) is 122 cm³/mol. The summed E-state index contributed by atoms with van der Waals surface area (Å²) in [6.07, 6.45) is 6.68. The molecule has 3 saturated heterocycles. The number of nitrogens with zero attached hydrogens (tertiary/aromatic N) is 5. The van der Waals surface area contributed by atoms with E-state index in [2.05, 4.69) is 9.80 Å². The fraction of sp³-hybridized carbons (Fsp3) is 0.652. The summed E-state index contributed by atoms with van der Waals surface area (Å²) in [7, 11) is 0. The number of hydrogen-bond acceptors (Lipinski definition) is 6. The molecular formula is C23H33N5O4. The van der Waals surface area contributed by atoms with Gasteiger partial charge in [0.15, 0.2) is 0 Å². The van der Waals surface area contributed by atoms with Gasteiger partial charge < -0.3 is 14.7 Å². The second-order valence-electron chi connectivity index (χ2n) is 9.02. The minimum Gasteiger partial charge on any atom is -0.371 e. The lowest BCUT2D eigenvalue weighted by Gasteiger charge is -2.36. The molecule has 0 aromatic heterocycles. The number of nitro groups is 1. The number of nitro benzene ring substituents is 1. The van der Waals surface area contributed by atoms with Crippen LogP contribution in [-0.4, -0.2) is 90.3 Å². The minimum absolute atomic E-state index is 0.0574. The van der Waals surface area contributed by atoms with Gasteiger partial charge in [0.25, 0.3) is 11.6 Å². The van der Waals surface area contributed by atoms with E-state index in [9.17, 15) is 19.7 Å². The van der Waals surface area contributed by atoms with E-state index in [0.717, 1.165) is 57.5 Å². The molecule has 0 bridgehead atoms. The summed E-state index contributed by atoms with van der Waals surface area (Å²) in [5, 5.41) is 11.3. The largest absolute Gasteiger partial charge is 0.371 e. The molecule has 0 saturated carbocycles. The Morgan fingerprint density at radius 1 is 0.812 bits per heavy atom. The fourth-order valence-electron chi connectivity index (χ4n) is 4.93. The fourth-order valence-corrected chi connectivity index (χ4v) is 4.93. The second-order valence-corrected chi connectivity index (χ2v) is 9.02. The number of anilines is 1. The summed E-state index contributed by atoms with van der Waals surface area (Å²) in [5.41, 5.74) is 1.14. The van der Waals surface area contributed by atoms with Crippen molar-refractivity contribution in [1.82, 2.24) is 14.7 Å². The van der Waals surface area contributed by atoms with Crippen LogP contribution in [0.5, 0.6) is 0 Å². The highest BCUT2D eigenvalue weighted by Gasteiger charge is 2.29. The zero-order valence-electron chi connectivity index (χ0n) is 18.7. The van der Waals surface area contributed by atoms with Gasteiger partial charge >= 0.3 is 0 Å². The van der Waals surface area contributed by atoms with Crippen LogP contribution in [-0.2, 0) is 4.79 Å². The van der Waals surface area contributed by atoms with Gasteiger partial charge in [0, 0.05) is 64.5 Å². The number of hydrogen-bond donors (Lipinski definition) is 0. The van der Waals surface area contributed by atoms with Gasteiger partial charge in [-0.2, -0.15) is 0 Å². The third-order valence-electron chi connectivity index (χ3n) is 6.85. The number of carbonyl (C=O) groups is 2. The summed E-state index contributed by atoms with van der Waals surface area (Å²) >= 11 is 0. The first-order valence-corrected chi connectivity index (χ1v) is 11.9. The van der Waals surface area contributed by atoms with Crippen molar-refractivity contribution < 1.29 is 14.5 Å². The zero-order valence-corrected chi connectivity index (χ0v) is 18.7. The Labute approximate surface area is 189 Å². The molecular weight excluding hydrogens is 410 g/mol. The highest BCUT2D eigenvalue weighted by atomic mass is 16.6. The number of rotatable bonds is 5. The molecule has 1 aromatic carbocycles. The third kappa shape index (κ3) is 5.20. The molecule has 0 unspecified atom stereocenters. The number of carbonyl (C=O) groups excluding carboxylic acids is 2. The number of piperazine rings is 1. The van der Waals surface area contributed by atoms with Crippen LogP contribution in [0.4, 0.5) is 11.4 Å². The van der Waals surface area contributed by atoms with Crippen LogP contribution in [0.1, 0.15) is 48.9 Å². The van der Waals surface area contributed by atoms with Crippen LogP contribution >= 0.6 is 0 Å². The van der Waals surface area contributed by atoms with Gasteiger partial charge in [-0.25, -0.2) is 0 Å². The molecule has 3 aliphatic rings. The maximum atomic E-state index is 13.3. The molecule has 1 aromatic rings. The Kier molecular flexibility index (Phi) is 7.24. The summed E-state index contributed by atoms with van der Waals surface area (Å²) in [6, 6.07) is 4.62. The molecule has 3 fully saturated rings. The van der Waals surface area contributed by atoms with Crippen molar-refractivity contribution in [1.29, 1.82) is 0 Å². The van der Waals surface area contributed by atoms with Crippen LogP contribution in [0.25, 0.3) is 0 Å². The molecule has 0 atom stereocenters. The van der Waals surface area contributed by atoms with Gasteiger partial charge in [-0.1, -0.05) is 12.8 Å². The highest BCUT2D eigenvalue weighted by molar-refractivity contribution is 6.00. The van der Waals surface area contributed by atoms with E-state index in [0.29, 0.717) is 38.3 Å². The Bertz CT molecular complexity index is 839. The molecule has 2 amide bonds. The summed E-state index contributed by atoms with van der Waals surface area (Å²) in [6.45, 7) is 6.15. The number of non-ortho nitro benzene ring substituents is 1. The first-order chi connectivity index (χ1) is 15.5. The molecule has 0 radical (unpaired) electrons. The molecule has 0 spiro atoms. The van der Waals surface area contributed by atoms with Crippen LogP contribution in [0, 0.1) is 10.1 Å². The van der Waals surface area contributed by atoms with Crippen molar-refractivity contribution in [3.8, 4) is 0 Å². The number of benzene rings is 1. The first-order valence-electron chi connectivity index (χ1n) is 11.9. The zero-order chi connectivity index (χ0) is 22.5. The maximum Gasteiger partial charge on any atom is 0.270 e. The number of likely N-dealkylation sites (tertiary alicyclic amines) is 1. The van der Waals surface area contributed by atoms with Crippen molar-refractivity contribution in [2.75, 3.05) is 63.8 Å². The lowest BCUT2D eigenvalue weighted by atomic mass is 10.1. The normalized spacial score (nSPS) is 20.3. The minimum atomic E-state index is -0.447. The van der Waals surface area contributed by atoms with Gasteiger partial charge in [-0.15, -0.1) is 0 Å². The topological polar surface area (TPSA) is 90.2 Å². The molecule has 174 valence electrons. The smallest absolute Gasteiger partial charge is 0.270 e. The maximum absolute atomic E-state index is 13.3. The van der Waals surface area contributed by atoms with Gasteiger partial charge in [-0.3, -0.25) is 24.6 Å². The van der Waals surface area contributed by atoms with Gasteiger partial charge in [0.05, 0.1) is 22.7 Å². The van der Waals surface area contributed by atoms with Crippen LogP contribution in [0.2, 0.25) is 0 Å². The molecule has 3 heterocycles. The van der Waals surface area contributed by atoms with E-state index in [1.54, 1.807) is 11.0 Å². The Hall–Kier alpha value is -2.68. The van der Waals surface area contributed by atoms with E-state index in [1.807, 2.05) is 4.90 Å². The van der Waals surface area contributed by atoms with Gasteiger partial charge in [-0.05, 0) is 31.7 Å².